The number of ether oxygens (including phenoxy) is 2. The average Bonchev–Trinajstić information content (AvgIpc) is 2.40. The summed E-state index contributed by atoms with van der Waals surface area (Å²) in [7, 11) is 0. The van der Waals surface area contributed by atoms with Gasteiger partial charge in [0, 0.05) is 17.0 Å². The molecule has 4 nitrogen and oxygen atoms in total. The van der Waals surface area contributed by atoms with Gasteiger partial charge in [-0.25, -0.2) is 4.79 Å². The number of hydrogen-bond acceptors (Lipinski definition) is 3. The van der Waals surface area contributed by atoms with Crippen molar-refractivity contribution >= 4 is 17.7 Å². The molecule has 104 valence electrons. The fourth-order valence-electron chi connectivity index (χ4n) is 2.01. The Balaban J connectivity index is 1.99. The number of carbonyl (C=O) groups is 1. The SMILES string of the molecule is CCCCOC(=O)NC1CCOc2ccc(Cl)cc21. The van der Waals surface area contributed by atoms with Gasteiger partial charge in [0.1, 0.15) is 5.75 Å². The maximum absolute atomic E-state index is 11.7. The second-order valence-corrected chi connectivity index (χ2v) is 4.94. The number of amides is 1. The number of unbranched alkanes of at least 4 members (excludes halogenated alkanes) is 1. The maximum atomic E-state index is 11.7. The van der Waals surface area contributed by atoms with Crippen molar-refractivity contribution in [2.24, 2.45) is 0 Å². The van der Waals surface area contributed by atoms with Gasteiger partial charge in [-0.3, -0.25) is 0 Å². The molecule has 5 heteroatoms. The van der Waals surface area contributed by atoms with Gasteiger partial charge < -0.3 is 14.8 Å². The Labute approximate surface area is 118 Å². The van der Waals surface area contributed by atoms with E-state index in [-0.39, 0.29) is 12.1 Å². The molecule has 1 aliphatic heterocycles. The number of alkyl carbamates (subject to hydrolysis) is 1. The molecule has 1 aromatic rings. The van der Waals surface area contributed by atoms with Crippen LogP contribution in [0.4, 0.5) is 4.79 Å². The molecular weight excluding hydrogens is 266 g/mol. The van der Waals surface area contributed by atoms with Gasteiger partial charge in [0.05, 0.1) is 19.3 Å². The van der Waals surface area contributed by atoms with Crippen molar-refractivity contribution in [3.05, 3.63) is 28.8 Å². The smallest absolute Gasteiger partial charge is 0.407 e. The fraction of sp³-hybridized carbons (Fsp3) is 0.500. The molecule has 0 radical (unpaired) electrons. The lowest BCUT2D eigenvalue weighted by Gasteiger charge is -2.26. The third-order valence-corrected chi connectivity index (χ3v) is 3.27. The molecule has 19 heavy (non-hydrogen) atoms. The highest BCUT2D eigenvalue weighted by molar-refractivity contribution is 6.30. The van der Waals surface area contributed by atoms with Gasteiger partial charge in [0.25, 0.3) is 0 Å². The first kappa shape index (κ1) is 14.0. The van der Waals surface area contributed by atoms with Crippen molar-refractivity contribution in [3.63, 3.8) is 0 Å². The molecule has 1 unspecified atom stereocenters. The molecule has 0 saturated heterocycles. The predicted octanol–water partition coefficient (Wildman–Crippen LogP) is 3.69. The van der Waals surface area contributed by atoms with Gasteiger partial charge in [-0.2, -0.15) is 0 Å². The van der Waals surface area contributed by atoms with Crippen LogP contribution in [0.5, 0.6) is 5.75 Å². The third kappa shape index (κ3) is 3.77. The first-order valence-corrected chi connectivity index (χ1v) is 6.94. The molecule has 1 heterocycles. The van der Waals surface area contributed by atoms with Crippen LogP contribution in [0.25, 0.3) is 0 Å². The van der Waals surface area contributed by atoms with E-state index in [4.69, 9.17) is 21.1 Å². The summed E-state index contributed by atoms with van der Waals surface area (Å²) in [4.78, 5) is 11.7. The minimum Gasteiger partial charge on any atom is -0.493 e. The van der Waals surface area contributed by atoms with Crippen molar-refractivity contribution in [1.29, 1.82) is 0 Å². The molecule has 1 aliphatic rings. The standard InChI is InChI=1S/C14H18ClNO3/c1-2-3-7-19-14(17)16-12-6-8-18-13-5-4-10(15)9-11(12)13/h4-5,9,12H,2-3,6-8H2,1H3,(H,16,17). The topological polar surface area (TPSA) is 47.6 Å². The summed E-state index contributed by atoms with van der Waals surface area (Å²) in [5, 5.41) is 3.50. The zero-order valence-electron chi connectivity index (χ0n) is 10.9. The van der Waals surface area contributed by atoms with E-state index in [1.54, 1.807) is 6.07 Å². The van der Waals surface area contributed by atoms with Crippen LogP contribution in [0.3, 0.4) is 0 Å². The van der Waals surface area contributed by atoms with E-state index in [0.717, 1.165) is 30.6 Å². The highest BCUT2D eigenvalue weighted by Gasteiger charge is 2.23. The second kappa shape index (κ2) is 6.66. The van der Waals surface area contributed by atoms with Crippen molar-refractivity contribution in [2.75, 3.05) is 13.2 Å². The Kier molecular flexibility index (Phi) is 4.91. The lowest BCUT2D eigenvalue weighted by atomic mass is 10.0. The summed E-state index contributed by atoms with van der Waals surface area (Å²) in [5.74, 6) is 0.773. The van der Waals surface area contributed by atoms with Gasteiger partial charge in [-0.05, 0) is 24.6 Å². The van der Waals surface area contributed by atoms with Crippen LogP contribution in [-0.4, -0.2) is 19.3 Å². The van der Waals surface area contributed by atoms with Gasteiger partial charge >= 0.3 is 6.09 Å². The van der Waals surface area contributed by atoms with Crippen LogP contribution in [0, 0.1) is 0 Å². The molecule has 0 fully saturated rings. The van der Waals surface area contributed by atoms with Crippen LogP contribution in [0.15, 0.2) is 18.2 Å². The first-order valence-electron chi connectivity index (χ1n) is 6.56. The first-order chi connectivity index (χ1) is 9.20. The average molecular weight is 284 g/mol. The van der Waals surface area contributed by atoms with Crippen LogP contribution >= 0.6 is 11.6 Å². The molecular formula is C14H18ClNO3. The summed E-state index contributed by atoms with van der Waals surface area (Å²) in [6, 6.07) is 5.33. The molecule has 2 rings (SSSR count). The predicted molar refractivity (Wildman–Crippen MR) is 73.7 cm³/mol. The third-order valence-electron chi connectivity index (χ3n) is 3.03. The molecule has 0 spiro atoms. The van der Waals surface area contributed by atoms with Gasteiger partial charge in [0.2, 0.25) is 0 Å². The highest BCUT2D eigenvalue weighted by atomic mass is 35.5. The zero-order chi connectivity index (χ0) is 13.7. The quantitative estimate of drug-likeness (QED) is 0.857. The largest absolute Gasteiger partial charge is 0.493 e. The molecule has 1 atom stereocenters. The number of fused-ring (bicyclic) bond motifs is 1. The molecule has 0 saturated carbocycles. The summed E-state index contributed by atoms with van der Waals surface area (Å²) < 4.78 is 10.6. The Hall–Kier alpha value is -1.42. The van der Waals surface area contributed by atoms with E-state index in [9.17, 15) is 4.79 Å². The van der Waals surface area contributed by atoms with Crippen LogP contribution < -0.4 is 10.1 Å². The lowest BCUT2D eigenvalue weighted by molar-refractivity contribution is 0.136. The Morgan fingerprint density at radius 2 is 2.42 bits per heavy atom. The molecule has 0 aromatic heterocycles. The number of rotatable bonds is 4. The normalized spacial score (nSPS) is 17.3. The summed E-state index contributed by atoms with van der Waals surface area (Å²) >= 11 is 5.98. The number of hydrogen-bond donors (Lipinski definition) is 1. The number of halogens is 1. The number of benzene rings is 1. The van der Waals surface area contributed by atoms with Crippen molar-refractivity contribution in [2.45, 2.75) is 32.2 Å². The summed E-state index contributed by atoms with van der Waals surface area (Å²) in [6.07, 6.45) is 2.22. The zero-order valence-corrected chi connectivity index (χ0v) is 11.7. The van der Waals surface area contributed by atoms with Crippen molar-refractivity contribution in [1.82, 2.24) is 5.32 Å². The monoisotopic (exact) mass is 283 g/mol. The molecule has 1 N–H and O–H groups in total. The molecule has 0 aliphatic carbocycles. The van der Waals surface area contributed by atoms with Crippen molar-refractivity contribution < 1.29 is 14.3 Å². The maximum Gasteiger partial charge on any atom is 0.407 e. The summed E-state index contributed by atoms with van der Waals surface area (Å²) in [5.41, 5.74) is 0.909. The highest BCUT2D eigenvalue weighted by Crippen LogP contribution is 2.33. The van der Waals surface area contributed by atoms with Gasteiger partial charge in [0.15, 0.2) is 0 Å². The number of carbonyl (C=O) groups excluding carboxylic acids is 1. The van der Waals surface area contributed by atoms with E-state index in [2.05, 4.69) is 12.2 Å². The van der Waals surface area contributed by atoms with E-state index in [1.165, 1.54) is 0 Å². The van der Waals surface area contributed by atoms with Crippen LogP contribution in [-0.2, 0) is 4.74 Å². The Morgan fingerprint density at radius 3 is 3.21 bits per heavy atom. The second-order valence-electron chi connectivity index (χ2n) is 4.51. The minimum absolute atomic E-state index is 0.100. The van der Waals surface area contributed by atoms with Crippen LogP contribution in [0.2, 0.25) is 5.02 Å². The van der Waals surface area contributed by atoms with E-state index >= 15 is 0 Å². The van der Waals surface area contributed by atoms with Gasteiger partial charge in [-0.15, -0.1) is 0 Å². The lowest BCUT2D eigenvalue weighted by Crippen LogP contribution is -2.32. The van der Waals surface area contributed by atoms with E-state index < -0.39 is 0 Å². The van der Waals surface area contributed by atoms with E-state index in [1.807, 2.05) is 12.1 Å². The number of nitrogens with one attached hydrogen (secondary N) is 1. The summed E-state index contributed by atoms with van der Waals surface area (Å²) in [6.45, 7) is 3.08. The molecule has 1 aromatic carbocycles. The molecule has 1 amide bonds. The van der Waals surface area contributed by atoms with Gasteiger partial charge in [-0.1, -0.05) is 24.9 Å². The van der Waals surface area contributed by atoms with E-state index in [0.29, 0.717) is 18.2 Å². The Bertz CT molecular complexity index is 450. The minimum atomic E-state index is -0.383. The molecule has 0 bridgehead atoms. The van der Waals surface area contributed by atoms with Crippen molar-refractivity contribution in [3.8, 4) is 5.75 Å². The van der Waals surface area contributed by atoms with Crippen LogP contribution in [0.1, 0.15) is 37.8 Å². The Morgan fingerprint density at radius 1 is 1.58 bits per heavy atom. The fourth-order valence-corrected chi connectivity index (χ4v) is 2.19.